The van der Waals surface area contributed by atoms with Crippen molar-refractivity contribution in [1.29, 1.82) is 5.26 Å². The van der Waals surface area contributed by atoms with Crippen molar-refractivity contribution in [1.82, 2.24) is 5.32 Å². The van der Waals surface area contributed by atoms with E-state index in [2.05, 4.69) is 5.32 Å². The summed E-state index contributed by atoms with van der Waals surface area (Å²) >= 11 is 0. The maximum atomic E-state index is 10.2. The second kappa shape index (κ2) is 4.57. The zero-order chi connectivity index (χ0) is 9.72. The molecule has 0 aromatic carbocycles. The Labute approximate surface area is 70.6 Å². The van der Waals surface area contributed by atoms with Crippen LogP contribution in [0, 0.1) is 17.2 Å². The van der Waals surface area contributed by atoms with Crippen LogP contribution in [0.15, 0.2) is 0 Å². The zero-order valence-electron chi connectivity index (χ0n) is 6.98. The molecule has 0 aromatic heterocycles. The van der Waals surface area contributed by atoms with Gasteiger partial charge in [-0.1, -0.05) is 13.8 Å². The van der Waals surface area contributed by atoms with E-state index in [0.29, 0.717) is 0 Å². The predicted molar refractivity (Wildman–Crippen MR) is 41.4 cm³/mol. The highest BCUT2D eigenvalue weighted by Crippen LogP contribution is 2.05. The summed E-state index contributed by atoms with van der Waals surface area (Å²) in [6.07, 6.45) is -2.52. The Kier molecular flexibility index (Phi) is 4.08. The Hall–Kier alpha value is -1.28. The van der Waals surface area contributed by atoms with Gasteiger partial charge in [0.25, 0.3) is 0 Å². The molecule has 0 aliphatic heterocycles. The van der Waals surface area contributed by atoms with Gasteiger partial charge in [0, 0.05) is 0 Å². The molecule has 2 unspecified atom stereocenters. The summed E-state index contributed by atoms with van der Waals surface area (Å²) in [4.78, 5) is 10.2. The number of carboxylic acid groups (broad SMARTS) is 1. The van der Waals surface area contributed by atoms with Gasteiger partial charge >= 0.3 is 6.09 Å². The highest BCUT2D eigenvalue weighted by molar-refractivity contribution is 5.65. The Balaban J connectivity index is 4.25. The summed E-state index contributed by atoms with van der Waals surface area (Å²) in [6, 6.07) is 0.852. The summed E-state index contributed by atoms with van der Waals surface area (Å²) in [7, 11) is 0. The molecule has 12 heavy (non-hydrogen) atoms. The fourth-order valence-electron chi connectivity index (χ4n) is 0.833. The molecular formula is C7H12N2O3. The van der Waals surface area contributed by atoms with Crippen LogP contribution in [0.3, 0.4) is 0 Å². The van der Waals surface area contributed by atoms with Crippen molar-refractivity contribution in [3.63, 3.8) is 0 Å². The Bertz CT molecular complexity index is 197. The van der Waals surface area contributed by atoms with Crippen molar-refractivity contribution in [3.8, 4) is 6.07 Å². The van der Waals surface area contributed by atoms with Crippen LogP contribution in [0.4, 0.5) is 4.79 Å². The molecule has 68 valence electrons. The minimum absolute atomic E-state index is 0.115. The topological polar surface area (TPSA) is 93.3 Å². The van der Waals surface area contributed by atoms with Gasteiger partial charge in [-0.05, 0) is 5.92 Å². The number of aliphatic hydroxyl groups excluding tert-OH is 1. The number of aliphatic hydroxyl groups is 1. The number of nitrogens with zero attached hydrogens (tertiary/aromatic N) is 1. The number of nitriles is 1. The van der Waals surface area contributed by atoms with Crippen LogP contribution in [0.2, 0.25) is 0 Å². The van der Waals surface area contributed by atoms with Crippen LogP contribution in [-0.2, 0) is 0 Å². The second-order valence-electron chi connectivity index (χ2n) is 2.79. The molecule has 1 amide bonds. The molecule has 0 saturated heterocycles. The number of amides is 1. The summed E-state index contributed by atoms with van der Waals surface area (Å²) in [5, 5.41) is 27.8. The van der Waals surface area contributed by atoms with Crippen molar-refractivity contribution < 1.29 is 15.0 Å². The van der Waals surface area contributed by atoms with Crippen molar-refractivity contribution in [2.75, 3.05) is 0 Å². The molecule has 0 spiro atoms. The smallest absolute Gasteiger partial charge is 0.405 e. The lowest BCUT2D eigenvalue weighted by Gasteiger charge is -2.21. The van der Waals surface area contributed by atoms with Gasteiger partial charge in [0.15, 0.2) is 6.10 Å². The molecule has 5 heteroatoms. The third-order valence-electron chi connectivity index (χ3n) is 1.48. The first-order chi connectivity index (χ1) is 5.49. The molecule has 3 N–H and O–H groups in total. The van der Waals surface area contributed by atoms with E-state index in [4.69, 9.17) is 15.5 Å². The van der Waals surface area contributed by atoms with Gasteiger partial charge in [-0.2, -0.15) is 5.26 Å². The average molecular weight is 172 g/mol. The van der Waals surface area contributed by atoms with E-state index in [1.807, 2.05) is 0 Å². The van der Waals surface area contributed by atoms with Gasteiger partial charge in [0.2, 0.25) is 0 Å². The lowest BCUT2D eigenvalue weighted by molar-refractivity contribution is 0.136. The normalized spacial score (nSPS) is 14.9. The van der Waals surface area contributed by atoms with Crippen LogP contribution in [-0.4, -0.2) is 28.5 Å². The number of rotatable bonds is 3. The van der Waals surface area contributed by atoms with Crippen molar-refractivity contribution in [2.24, 2.45) is 5.92 Å². The van der Waals surface area contributed by atoms with Gasteiger partial charge < -0.3 is 15.5 Å². The predicted octanol–water partition coefficient (Wildman–Crippen LogP) is 0.163. The van der Waals surface area contributed by atoms with E-state index in [0.717, 1.165) is 0 Å². The van der Waals surface area contributed by atoms with Gasteiger partial charge in [0.05, 0.1) is 12.1 Å². The summed E-state index contributed by atoms with van der Waals surface area (Å²) in [5.41, 5.74) is 0. The molecular weight excluding hydrogens is 160 g/mol. The van der Waals surface area contributed by atoms with E-state index in [1.165, 1.54) is 0 Å². The second-order valence-corrected chi connectivity index (χ2v) is 2.79. The monoisotopic (exact) mass is 172 g/mol. The number of hydrogen-bond acceptors (Lipinski definition) is 3. The van der Waals surface area contributed by atoms with E-state index >= 15 is 0 Å². The van der Waals surface area contributed by atoms with Crippen LogP contribution in [0.5, 0.6) is 0 Å². The van der Waals surface area contributed by atoms with Crippen LogP contribution >= 0.6 is 0 Å². The Morgan fingerprint density at radius 1 is 1.58 bits per heavy atom. The summed E-state index contributed by atoms with van der Waals surface area (Å²) in [5.74, 6) is -0.115. The van der Waals surface area contributed by atoms with Gasteiger partial charge in [-0.15, -0.1) is 0 Å². The fourth-order valence-corrected chi connectivity index (χ4v) is 0.833. The van der Waals surface area contributed by atoms with Crippen LogP contribution in [0.25, 0.3) is 0 Å². The minimum atomic E-state index is -1.29. The molecule has 0 saturated carbocycles. The lowest BCUT2D eigenvalue weighted by Crippen LogP contribution is -2.45. The van der Waals surface area contributed by atoms with E-state index in [-0.39, 0.29) is 5.92 Å². The summed E-state index contributed by atoms with van der Waals surface area (Å²) < 4.78 is 0. The minimum Gasteiger partial charge on any atom is -0.465 e. The number of carbonyl (C=O) groups is 1. The van der Waals surface area contributed by atoms with Crippen LogP contribution in [0.1, 0.15) is 13.8 Å². The molecule has 5 nitrogen and oxygen atoms in total. The van der Waals surface area contributed by atoms with Crippen molar-refractivity contribution >= 4 is 6.09 Å². The van der Waals surface area contributed by atoms with Gasteiger partial charge in [-0.25, -0.2) is 4.79 Å². The third-order valence-corrected chi connectivity index (χ3v) is 1.48. The highest BCUT2D eigenvalue weighted by Gasteiger charge is 2.23. The lowest BCUT2D eigenvalue weighted by atomic mass is 10.00. The van der Waals surface area contributed by atoms with E-state index < -0.39 is 18.2 Å². The van der Waals surface area contributed by atoms with E-state index in [1.54, 1.807) is 19.9 Å². The Morgan fingerprint density at radius 2 is 2.08 bits per heavy atom. The van der Waals surface area contributed by atoms with Gasteiger partial charge in [-0.3, -0.25) is 0 Å². The maximum Gasteiger partial charge on any atom is 0.405 e. The molecule has 0 fully saturated rings. The highest BCUT2D eigenvalue weighted by atomic mass is 16.4. The summed E-state index contributed by atoms with van der Waals surface area (Å²) in [6.45, 7) is 3.45. The Morgan fingerprint density at radius 3 is 2.33 bits per heavy atom. The SMILES string of the molecule is CC(C)C(NC(=O)O)C(O)C#N. The average Bonchev–Trinajstić information content (AvgIpc) is 1.98. The molecule has 0 aliphatic carbocycles. The molecule has 0 aromatic rings. The standard InChI is InChI=1S/C7H12N2O3/c1-4(2)6(5(10)3-8)9-7(11)12/h4-6,9-10H,1-2H3,(H,11,12). The maximum absolute atomic E-state index is 10.2. The molecule has 0 bridgehead atoms. The van der Waals surface area contributed by atoms with E-state index in [9.17, 15) is 4.79 Å². The first-order valence-corrected chi connectivity index (χ1v) is 3.56. The molecule has 0 rings (SSSR count). The quantitative estimate of drug-likeness (QED) is 0.529. The van der Waals surface area contributed by atoms with Crippen molar-refractivity contribution in [2.45, 2.75) is 26.0 Å². The van der Waals surface area contributed by atoms with Gasteiger partial charge in [0.1, 0.15) is 0 Å². The van der Waals surface area contributed by atoms with Crippen molar-refractivity contribution in [3.05, 3.63) is 0 Å². The largest absolute Gasteiger partial charge is 0.465 e. The molecule has 0 aliphatic rings. The first kappa shape index (κ1) is 10.7. The molecule has 0 heterocycles. The first-order valence-electron chi connectivity index (χ1n) is 3.56. The molecule has 2 atom stereocenters. The zero-order valence-corrected chi connectivity index (χ0v) is 6.98. The fraction of sp³-hybridized carbons (Fsp3) is 0.714. The third kappa shape index (κ3) is 3.21. The number of nitrogens with one attached hydrogen (secondary N) is 1. The number of hydrogen-bond donors (Lipinski definition) is 3. The van der Waals surface area contributed by atoms with Crippen LogP contribution < -0.4 is 5.32 Å². The molecule has 0 radical (unpaired) electrons.